The molecule has 1 aliphatic rings. The van der Waals surface area contributed by atoms with Crippen LogP contribution in [0, 0.1) is 9.49 Å². The Morgan fingerprint density at radius 1 is 1.40 bits per heavy atom. The fourth-order valence-electron chi connectivity index (χ4n) is 2.57. The van der Waals surface area contributed by atoms with Crippen LogP contribution in [0.1, 0.15) is 37.0 Å². The van der Waals surface area contributed by atoms with Crippen LogP contribution in [0.3, 0.4) is 0 Å². The Labute approximate surface area is 133 Å². The number of phenolic OH excluding ortho intramolecular Hbond substituents is 1. The number of carbonyl (C=O) groups excluding carboxylic acids is 1. The standard InChI is InChI=1S/C15H20INO3/c1-15(2,10-5-7-17-8-6-10)20-14(19)12-9-11(16)3-4-13(12)18/h3-4,9-10,17-18H,5-8H2,1-2H3. The first-order valence-electron chi connectivity index (χ1n) is 6.83. The minimum atomic E-state index is -0.521. The third kappa shape index (κ3) is 3.63. The van der Waals surface area contributed by atoms with Crippen LogP contribution in [-0.2, 0) is 4.74 Å². The van der Waals surface area contributed by atoms with Crippen molar-refractivity contribution in [3.8, 4) is 5.75 Å². The van der Waals surface area contributed by atoms with Crippen molar-refractivity contribution < 1.29 is 14.6 Å². The van der Waals surface area contributed by atoms with Crippen LogP contribution >= 0.6 is 22.6 Å². The number of rotatable bonds is 3. The average molecular weight is 389 g/mol. The van der Waals surface area contributed by atoms with E-state index in [0.717, 1.165) is 29.5 Å². The molecule has 0 radical (unpaired) electrons. The molecule has 1 aliphatic heterocycles. The van der Waals surface area contributed by atoms with Gasteiger partial charge in [-0.2, -0.15) is 0 Å². The molecule has 0 unspecified atom stereocenters. The average Bonchev–Trinajstić information content (AvgIpc) is 2.42. The topological polar surface area (TPSA) is 58.6 Å². The van der Waals surface area contributed by atoms with E-state index in [-0.39, 0.29) is 11.3 Å². The van der Waals surface area contributed by atoms with E-state index in [1.807, 2.05) is 13.8 Å². The molecule has 0 spiro atoms. The monoisotopic (exact) mass is 389 g/mol. The van der Waals surface area contributed by atoms with Gasteiger partial charge in [0.05, 0.1) is 0 Å². The van der Waals surface area contributed by atoms with Crippen LogP contribution in [-0.4, -0.2) is 29.8 Å². The van der Waals surface area contributed by atoms with Gasteiger partial charge in [0.15, 0.2) is 0 Å². The zero-order chi connectivity index (χ0) is 14.8. The summed E-state index contributed by atoms with van der Waals surface area (Å²) < 4.78 is 6.56. The predicted molar refractivity (Wildman–Crippen MR) is 85.9 cm³/mol. The zero-order valence-electron chi connectivity index (χ0n) is 11.8. The summed E-state index contributed by atoms with van der Waals surface area (Å²) in [6.45, 7) is 5.82. The molecule has 2 N–H and O–H groups in total. The molecule has 110 valence electrons. The van der Waals surface area contributed by atoms with Crippen molar-refractivity contribution in [1.82, 2.24) is 5.32 Å². The van der Waals surface area contributed by atoms with Crippen molar-refractivity contribution in [2.45, 2.75) is 32.3 Å². The number of phenols is 1. The number of hydrogen-bond acceptors (Lipinski definition) is 4. The number of aromatic hydroxyl groups is 1. The lowest BCUT2D eigenvalue weighted by atomic mass is 9.83. The smallest absolute Gasteiger partial charge is 0.342 e. The van der Waals surface area contributed by atoms with Crippen molar-refractivity contribution in [3.05, 3.63) is 27.3 Å². The summed E-state index contributed by atoms with van der Waals surface area (Å²) in [5, 5.41) is 13.1. The summed E-state index contributed by atoms with van der Waals surface area (Å²) in [6, 6.07) is 4.93. The molecular weight excluding hydrogens is 369 g/mol. The molecule has 2 rings (SSSR count). The van der Waals surface area contributed by atoms with E-state index < -0.39 is 11.6 Å². The molecule has 4 nitrogen and oxygen atoms in total. The lowest BCUT2D eigenvalue weighted by Gasteiger charge is -2.36. The maximum atomic E-state index is 12.3. The Hall–Kier alpha value is -0.820. The maximum absolute atomic E-state index is 12.3. The normalized spacial score (nSPS) is 16.9. The van der Waals surface area contributed by atoms with Gasteiger partial charge >= 0.3 is 5.97 Å². The van der Waals surface area contributed by atoms with E-state index in [4.69, 9.17) is 4.74 Å². The van der Waals surface area contributed by atoms with Gasteiger partial charge in [0.2, 0.25) is 0 Å². The highest BCUT2D eigenvalue weighted by atomic mass is 127. The van der Waals surface area contributed by atoms with E-state index in [2.05, 4.69) is 27.9 Å². The molecule has 1 heterocycles. The minimum absolute atomic E-state index is 0.0310. The number of nitrogens with one attached hydrogen (secondary N) is 1. The van der Waals surface area contributed by atoms with Gasteiger partial charge in [-0.15, -0.1) is 0 Å². The van der Waals surface area contributed by atoms with Crippen molar-refractivity contribution in [1.29, 1.82) is 0 Å². The Kier molecular flexibility index (Phi) is 4.90. The maximum Gasteiger partial charge on any atom is 0.342 e. The van der Waals surface area contributed by atoms with Crippen LogP contribution in [0.5, 0.6) is 5.75 Å². The van der Waals surface area contributed by atoms with Gasteiger partial charge in [-0.05, 0) is 80.6 Å². The number of esters is 1. The molecule has 5 heteroatoms. The van der Waals surface area contributed by atoms with Crippen molar-refractivity contribution >= 4 is 28.6 Å². The Balaban J connectivity index is 2.11. The molecule has 1 aromatic rings. The lowest BCUT2D eigenvalue weighted by Crippen LogP contribution is -2.42. The summed E-state index contributed by atoms with van der Waals surface area (Å²) >= 11 is 2.11. The number of ether oxygens (including phenoxy) is 1. The lowest BCUT2D eigenvalue weighted by molar-refractivity contribution is -0.0370. The van der Waals surface area contributed by atoms with Gasteiger partial charge in [0.1, 0.15) is 16.9 Å². The van der Waals surface area contributed by atoms with Gasteiger partial charge in [-0.1, -0.05) is 0 Å². The summed E-state index contributed by atoms with van der Waals surface area (Å²) in [4.78, 5) is 12.3. The van der Waals surface area contributed by atoms with Gasteiger partial charge in [0.25, 0.3) is 0 Å². The van der Waals surface area contributed by atoms with Gasteiger partial charge in [0, 0.05) is 9.49 Å². The van der Waals surface area contributed by atoms with E-state index in [1.54, 1.807) is 12.1 Å². The molecule has 0 bridgehead atoms. The molecule has 0 saturated carbocycles. The van der Waals surface area contributed by atoms with Crippen molar-refractivity contribution in [3.63, 3.8) is 0 Å². The zero-order valence-corrected chi connectivity index (χ0v) is 13.9. The molecule has 20 heavy (non-hydrogen) atoms. The summed E-state index contributed by atoms with van der Waals surface area (Å²) in [5.41, 5.74) is -0.286. The van der Waals surface area contributed by atoms with Gasteiger partial charge < -0.3 is 15.2 Å². The van der Waals surface area contributed by atoms with Crippen LogP contribution in [0.15, 0.2) is 18.2 Å². The summed E-state index contributed by atoms with van der Waals surface area (Å²) in [6.07, 6.45) is 2.00. The highest BCUT2D eigenvalue weighted by Gasteiger charge is 2.34. The van der Waals surface area contributed by atoms with E-state index in [9.17, 15) is 9.90 Å². The molecule has 0 atom stereocenters. The van der Waals surface area contributed by atoms with E-state index in [0.29, 0.717) is 5.92 Å². The molecular formula is C15H20INO3. The second-order valence-electron chi connectivity index (χ2n) is 5.68. The van der Waals surface area contributed by atoms with Crippen molar-refractivity contribution in [2.75, 3.05) is 13.1 Å². The molecule has 1 saturated heterocycles. The van der Waals surface area contributed by atoms with Crippen LogP contribution in [0.25, 0.3) is 0 Å². The van der Waals surface area contributed by atoms with Gasteiger partial charge in [-0.3, -0.25) is 0 Å². The number of benzene rings is 1. The van der Waals surface area contributed by atoms with E-state index >= 15 is 0 Å². The SMILES string of the molecule is CC(C)(OC(=O)c1cc(I)ccc1O)C1CCNCC1. The second-order valence-corrected chi connectivity index (χ2v) is 6.92. The minimum Gasteiger partial charge on any atom is -0.507 e. The first-order chi connectivity index (χ1) is 9.40. The third-order valence-electron chi connectivity index (χ3n) is 3.86. The van der Waals surface area contributed by atoms with Crippen LogP contribution < -0.4 is 5.32 Å². The first kappa shape index (κ1) is 15.6. The largest absolute Gasteiger partial charge is 0.507 e. The Morgan fingerprint density at radius 3 is 2.70 bits per heavy atom. The first-order valence-corrected chi connectivity index (χ1v) is 7.90. The van der Waals surface area contributed by atoms with Crippen molar-refractivity contribution in [2.24, 2.45) is 5.92 Å². The predicted octanol–water partition coefficient (Wildman–Crippen LogP) is 2.93. The highest BCUT2D eigenvalue weighted by molar-refractivity contribution is 14.1. The second kappa shape index (κ2) is 6.30. The third-order valence-corrected chi connectivity index (χ3v) is 4.53. The fourth-order valence-corrected chi connectivity index (χ4v) is 3.06. The number of halogens is 1. The Bertz CT molecular complexity index is 496. The van der Waals surface area contributed by atoms with Gasteiger partial charge in [-0.25, -0.2) is 4.79 Å². The number of carbonyl (C=O) groups is 1. The molecule has 0 aromatic heterocycles. The van der Waals surface area contributed by atoms with Crippen LogP contribution in [0.4, 0.5) is 0 Å². The summed E-state index contributed by atoms with van der Waals surface area (Å²) in [7, 11) is 0. The summed E-state index contributed by atoms with van der Waals surface area (Å²) in [5.74, 6) is -0.140. The van der Waals surface area contributed by atoms with Crippen LogP contribution in [0.2, 0.25) is 0 Å². The Morgan fingerprint density at radius 2 is 2.05 bits per heavy atom. The molecule has 1 fully saturated rings. The molecule has 0 amide bonds. The molecule has 1 aromatic carbocycles. The number of hydrogen-bond donors (Lipinski definition) is 2. The fraction of sp³-hybridized carbons (Fsp3) is 0.533. The quantitative estimate of drug-likeness (QED) is 0.617. The highest BCUT2D eigenvalue weighted by Crippen LogP contribution is 2.31. The molecule has 0 aliphatic carbocycles. The number of piperidine rings is 1. The van der Waals surface area contributed by atoms with E-state index in [1.165, 1.54) is 6.07 Å².